The van der Waals surface area contributed by atoms with Gasteiger partial charge in [0.25, 0.3) is 0 Å². The maximum atomic E-state index is 9.80. The summed E-state index contributed by atoms with van der Waals surface area (Å²) < 4.78 is 10.9. The summed E-state index contributed by atoms with van der Waals surface area (Å²) >= 11 is 0. The standard InChI is InChI=1S/C8H13BO3/c1-2-8-3-4-11-5(6(8)10)7(9)12-8/h5-7,10H,2-4H2,1H3/t5-,6+,7-,8+/m1/s1. The van der Waals surface area contributed by atoms with Crippen molar-refractivity contribution in [3.05, 3.63) is 0 Å². The summed E-state index contributed by atoms with van der Waals surface area (Å²) in [6, 6.07) is -0.456. The first kappa shape index (κ1) is 8.54. The molecule has 2 radical (unpaired) electrons. The lowest BCUT2D eigenvalue weighted by molar-refractivity contribution is -0.119. The molecule has 0 aromatic rings. The molecule has 2 bridgehead atoms. The van der Waals surface area contributed by atoms with E-state index in [1.54, 1.807) is 0 Å². The summed E-state index contributed by atoms with van der Waals surface area (Å²) in [4.78, 5) is 0. The van der Waals surface area contributed by atoms with E-state index >= 15 is 0 Å². The molecular weight excluding hydrogens is 155 g/mol. The lowest BCUT2D eigenvalue weighted by Gasteiger charge is -2.35. The van der Waals surface area contributed by atoms with E-state index in [0.29, 0.717) is 6.61 Å². The van der Waals surface area contributed by atoms with E-state index < -0.39 is 17.7 Å². The maximum absolute atomic E-state index is 9.80. The van der Waals surface area contributed by atoms with Gasteiger partial charge in [-0.05, 0) is 6.42 Å². The van der Waals surface area contributed by atoms with Crippen molar-refractivity contribution >= 4 is 7.85 Å². The van der Waals surface area contributed by atoms with Crippen LogP contribution in [-0.2, 0) is 9.47 Å². The van der Waals surface area contributed by atoms with Gasteiger partial charge < -0.3 is 14.6 Å². The smallest absolute Gasteiger partial charge is 0.112 e. The normalized spacial score (nSPS) is 52.7. The summed E-state index contributed by atoms with van der Waals surface area (Å²) in [5, 5.41) is 9.80. The van der Waals surface area contributed by atoms with Crippen molar-refractivity contribution in [2.24, 2.45) is 0 Å². The molecule has 12 heavy (non-hydrogen) atoms. The van der Waals surface area contributed by atoms with Crippen molar-refractivity contribution in [2.45, 2.75) is 43.6 Å². The highest BCUT2D eigenvalue weighted by molar-refractivity contribution is 6.11. The third kappa shape index (κ3) is 0.950. The van der Waals surface area contributed by atoms with Gasteiger partial charge in [-0.25, -0.2) is 0 Å². The third-order valence-electron chi connectivity index (χ3n) is 2.98. The van der Waals surface area contributed by atoms with Crippen molar-refractivity contribution < 1.29 is 14.6 Å². The Morgan fingerprint density at radius 2 is 2.42 bits per heavy atom. The minimum atomic E-state index is -0.550. The largest absolute Gasteiger partial charge is 0.387 e. The molecule has 0 saturated carbocycles. The Morgan fingerprint density at radius 1 is 1.67 bits per heavy atom. The Balaban J connectivity index is 2.24. The van der Waals surface area contributed by atoms with Crippen molar-refractivity contribution in [3.8, 4) is 0 Å². The van der Waals surface area contributed by atoms with Gasteiger partial charge >= 0.3 is 0 Å². The monoisotopic (exact) mass is 168 g/mol. The minimum absolute atomic E-state index is 0.321. The zero-order valence-electron chi connectivity index (χ0n) is 7.19. The Kier molecular flexibility index (Phi) is 1.94. The molecule has 2 aliphatic rings. The lowest BCUT2D eigenvalue weighted by atomic mass is 9.84. The van der Waals surface area contributed by atoms with Gasteiger partial charge in [-0.15, -0.1) is 0 Å². The van der Waals surface area contributed by atoms with Crippen LogP contribution < -0.4 is 0 Å². The number of aliphatic hydroxyl groups excluding tert-OH is 1. The molecule has 4 atom stereocenters. The summed E-state index contributed by atoms with van der Waals surface area (Å²) in [5.41, 5.74) is -0.428. The van der Waals surface area contributed by atoms with Crippen LogP contribution in [0, 0.1) is 0 Å². The van der Waals surface area contributed by atoms with E-state index in [4.69, 9.17) is 17.3 Å². The Labute approximate surface area is 73.5 Å². The molecule has 0 aromatic heterocycles. The minimum Gasteiger partial charge on any atom is -0.387 e. The molecule has 0 aromatic carbocycles. The molecule has 2 rings (SSSR count). The van der Waals surface area contributed by atoms with Crippen molar-refractivity contribution in [1.82, 2.24) is 0 Å². The van der Waals surface area contributed by atoms with Crippen molar-refractivity contribution in [1.29, 1.82) is 0 Å². The highest BCUT2D eigenvalue weighted by Crippen LogP contribution is 2.40. The number of rotatable bonds is 1. The van der Waals surface area contributed by atoms with Gasteiger partial charge in [0.15, 0.2) is 0 Å². The first-order valence-corrected chi connectivity index (χ1v) is 4.43. The number of aliphatic hydroxyl groups is 1. The van der Waals surface area contributed by atoms with Crippen LogP contribution in [0.2, 0.25) is 0 Å². The van der Waals surface area contributed by atoms with Gasteiger partial charge in [-0.1, -0.05) is 6.92 Å². The van der Waals surface area contributed by atoms with Crippen molar-refractivity contribution in [3.63, 3.8) is 0 Å². The van der Waals surface area contributed by atoms with Gasteiger partial charge in [0, 0.05) is 12.4 Å². The summed E-state index contributed by atoms with van der Waals surface area (Å²) in [5.74, 6) is 0. The fourth-order valence-corrected chi connectivity index (χ4v) is 2.12. The first-order chi connectivity index (χ1) is 5.69. The summed E-state index contributed by atoms with van der Waals surface area (Å²) in [6.07, 6.45) is 0.668. The molecule has 1 N–H and O–H groups in total. The molecule has 2 fully saturated rings. The van der Waals surface area contributed by atoms with Crippen LogP contribution in [0.4, 0.5) is 0 Å². The zero-order valence-corrected chi connectivity index (χ0v) is 7.19. The molecule has 2 heterocycles. The van der Waals surface area contributed by atoms with Gasteiger partial charge in [0.05, 0.1) is 12.2 Å². The summed E-state index contributed by atoms with van der Waals surface area (Å²) in [6.45, 7) is 2.65. The molecule has 0 aliphatic carbocycles. The van der Waals surface area contributed by atoms with Crippen LogP contribution in [0.5, 0.6) is 0 Å². The Morgan fingerprint density at radius 3 is 3.00 bits per heavy atom. The van der Waals surface area contributed by atoms with Crippen LogP contribution >= 0.6 is 0 Å². The molecule has 0 spiro atoms. The Bertz CT molecular complexity index is 187. The van der Waals surface area contributed by atoms with E-state index in [0.717, 1.165) is 12.8 Å². The molecule has 2 saturated heterocycles. The van der Waals surface area contributed by atoms with E-state index in [1.165, 1.54) is 0 Å². The number of ether oxygens (including phenoxy) is 2. The molecule has 4 heteroatoms. The number of hydrogen-bond donors (Lipinski definition) is 1. The van der Waals surface area contributed by atoms with Crippen LogP contribution in [0.3, 0.4) is 0 Å². The lowest BCUT2D eigenvalue weighted by Crippen LogP contribution is -2.48. The van der Waals surface area contributed by atoms with Gasteiger partial charge in [0.1, 0.15) is 20.1 Å². The zero-order chi connectivity index (χ0) is 8.77. The highest BCUT2D eigenvalue weighted by Gasteiger charge is 2.54. The van der Waals surface area contributed by atoms with Gasteiger partial charge in [-0.3, -0.25) is 0 Å². The number of fused-ring (bicyclic) bond motifs is 2. The molecule has 0 unspecified atom stereocenters. The van der Waals surface area contributed by atoms with Crippen LogP contribution in [0.15, 0.2) is 0 Å². The summed E-state index contributed by atoms with van der Waals surface area (Å²) in [7, 11) is 5.66. The quantitative estimate of drug-likeness (QED) is 0.551. The number of hydrogen-bond acceptors (Lipinski definition) is 3. The molecule has 0 amide bonds. The van der Waals surface area contributed by atoms with E-state index in [-0.39, 0.29) is 6.10 Å². The highest BCUT2D eigenvalue weighted by atomic mass is 16.6. The second kappa shape index (κ2) is 2.72. The predicted molar refractivity (Wildman–Crippen MR) is 44.0 cm³/mol. The van der Waals surface area contributed by atoms with Crippen LogP contribution in [-0.4, -0.2) is 43.4 Å². The topological polar surface area (TPSA) is 38.7 Å². The third-order valence-corrected chi connectivity index (χ3v) is 2.98. The molecule has 66 valence electrons. The van der Waals surface area contributed by atoms with Gasteiger partial charge in [0.2, 0.25) is 0 Å². The average Bonchev–Trinajstić information content (AvgIpc) is 2.23. The van der Waals surface area contributed by atoms with Crippen molar-refractivity contribution in [2.75, 3.05) is 6.61 Å². The first-order valence-electron chi connectivity index (χ1n) is 4.43. The molecular formula is C8H13BO3. The Hall–Kier alpha value is -0.0551. The van der Waals surface area contributed by atoms with E-state index in [2.05, 4.69) is 0 Å². The maximum Gasteiger partial charge on any atom is 0.112 e. The molecule has 2 aliphatic heterocycles. The van der Waals surface area contributed by atoms with E-state index in [9.17, 15) is 5.11 Å². The van der Waals surface area contributed by atoms with Crippen LogP contribution in [0.25, 0.3) is 0 Å². The molecule has 3 nitrogen and oxygen atoms in total. The second-order valence-corrected chi connectivity index (χ2v) is 3.53. The van der Waals surface area contributed by atoms with E-state index in [1.807, 2.05) is 6.92 Å². The average molecular weight is 168 g/mol. The second-order valence-electron chi connectivity index (χ2n) is 3.53. The van der Waals surface area contributed by atoms with Gasteiger partial charge in [-0.2, -0.15) is 0 Å². The SMILES string of the molecule is [B][C@@H]1O[C@@]2(CC)CCO[C@@H]1[C@@H]2O. The fraction of sp³-hybridized carbons (Fsp3) is 1.00. The predicted octanol–water partition coefficient (Wildman–Crippen LogP) is -0.190. The fourth-order valence-electron chi connectivity index (χ4n) is 2.12. The van der Waals surface area contributed by atoms with Crippen LogP contribution in [0.1, 0.15) is 19.8 Å².